The van der Waals surface area contributed by atoms with Crippen molar-refractivity contribution in [2.24, 2.45) is 0 Å². The van der Waals surface area contributed by atoms with Crippen molar-refractivity contribution in [2.45, 2.75) is 30.6 Å². The topological polar surface area (TPSA) is 117 Å². The first kappa shape index (κ1) is 28.8. The molecule has 216 valence electrons. The van der Waals surface area contributed by atoms with Crippen LogP contribution >= 0.6 is 0 Å². The number of anilines is 1. The van der Waals surface area contributed by atoms with E-state index in [2.05, 4.69) is 5.32 Å². The second-order valence-corrected chi connectivity index (χ2v) is 14.4. The lowest BCUT2D eigenvalue weighted by Crippen LogP contribution is -2.39. The van der Waals surface area contributed by atoms with E-state index >= 15 is 0 Å². The van der Waals surface area contributed by atoms with E-state index in [1.54, 1.807) is 49.5 Å². The number of aryl methyl sites for hydroxylation is 1. The molecule has 5 rings (SSSR count). The first-order valence-corrected chi connectivity index (χ1v) is 16.6. The van der Waals surface area contributed by atoms with Gasteiger partial charge in [0.2, 0.25) is 20.0 Å². The van der Waals surface area contributed by atoms with Gasteiger partial charge in [-0.3, -0.25) is 9.10 Å². The van der Waals surface area contributed by atoms with Gasteiger partial charge in [-0.15, -0.1) is 0 Å². The van der Waals surface area contributed by atoms with Crippen molar-refractivity contribution >= 4 is 42.6 Å². The summed E-state index contributed by atoms with van der Waals surface area (Å²) < 4.78 is 61.3. The molecule has 0 spiro atoms. The zero-order valence-electron chi connectivity index (χ0n) is 23.4. The Hall–Kier alpha value is -3.67. The molecule has 4 aromatic rings. The molecule has 11 heteroatoms. The summed E-state index contributed by atoms with van der Waals surface area (Å²) in [4.78, 5) is 13.4. The van der Waals surface area contributed by atoms with Crippen LogP contribution in [0.3, 0.4) is 0 Å². The highest BCUT2D eigenvalue weighted by Crippen LogP contribution is 2.42. The maximum absolute atomic E-state index is 13.5. The number of nitrogens with zero attached hydrogens (tertiary/aromatic N) is 2. The Bertz CT molecular complexity index is 1820. The Morgan fingerprint density at radius 1 is 1.02 bits per heavy atom. The van der Waals surface area contributed by atoms with Gasteiger partial charge in [0, 0.05) is 44.2 Å². The zero-order chi connectivity index (χ0) is 29.5. The number of carbonyl (C=O) groups excluding carboxylic acids is 1. The molecule has 1 fully saturated rings. The first-order valence-electron chi connectivity index (χ1n) is 13.3. The van der Waals surface area contributed by atoms with Crippen molar-refractivity contribution in [3.63, 3.8) is 0 Å². The molecule has 1 saturated heterocycles. The van der Waals surface area contributed by atoms with E-state index in [0.717, 1.165) is 11.8 Å². The summed E-state index contributed by atoms with van der Waals surface area (Å²) in [6.07, 6.45) is 2.36. The van der Waals surface area contributed by atoms with Gasteiger partial charge in [0.1, 0.15) is 11.3 Å². The molecule has 2 heterocycles. The summed E-state index contributed by atoms with van der Waals surface area (Å²) >= 11 is 0. The van der Waals surface area contributed by atoms with Crippen LogP contribution < -0.4 is 9.62 Å². The number of furan rings is 1. The summed E-state index contributed by atoms with van der Waals surface area (Å²) in [5, 5.41) is 3.23. The minimum absolute atomic E-state index is 0.172. The fourth-order valence-electron chi connectivity index (χ4n) is 5.34. The Balaban J connectivity index is 1.69. The van der Waals surface area contributed by atoms with Gasteiger partial charge in [-0.25, -0.2) is 16.8 Å². The van der Waals surface area contributed by atoms with Crippen LogP contribution in [0.15, 0.2) is 76.0 Å². The van der Waals surface area contributed by atoms with Crippen LogP contribution in [0.2, 0.25) is 0 Å². The van der Waals surface area contributed by atoms with Gasteiger partial charge in [0.15, 0.2) is 0 Å². The standard InChI is InChI=1S/C30H33N3O6S2/c1-20-12-14-21(15-13-20)29-28(30(34)31-2)25-17-24(26(18-27(25)39-29)32(3)40(4,35)36)22-9-8-16-33(19-22)41(37,38)23-10-6-5-7-11-23/h5-7,10-15,17-18,22H,8-9,16,19H2,1-4H3,(H,31,34)/t22-/m1/s1. The average Bonchev–Trinajstić information content (AvgIpc) is 3.34. The van der Waals surface area contributed by atoms with E-state index in [0.29, 0.717) is 58.5 Å². The molecular formula is C30H33N3O6S2. The van der Waals surface area contributed by atoms with Crippen molar-refractivity contribution in [1.29, 1.82) is 0 Å². The van der Waals surface area contributed by atoms with Crippen LogP contribution in [0.5, 0.6) is 0 Å². The number of benzene rings is 3. The molecule has 0 saturated carbocycles. The van der Waals surface area contributed by atoms with E-state index in [1.165, 1.54) is 15.7 Å². The van der Waals surface area contributed by atoms with Gasteiger partial charge >= 0.3 is 0 Å². The number of carbonyl (C=O) groups is 1. The molecule has 1 atom stereocenters. The third-order valence-corrected chi connectivity index (χ3v) is 10.7. The van der Waals surface area contributed by atoms with Crippen LogP contribution in [0, 0.1) is 6.92 Å². The Morgan fingerprint density at radius 3 is 2.34 bits per heavy atom. The maximum Gasteiger partial charge on any atom is 0.255 e. The van der Waals surface area contributed by atoms with Crippen LogP contribution in [0.4, 0.5) is 5.69 Å². The number of hydrogen-bond acceptors (Lipinski definition) is 6. The van der Waals surface area contributed by atoms with Crippen LogP contribution in [-0.4, -0.2) is 60.5 Å². The number of fused-ring (bicyclic) bond motifs is 1. The quantitative estimate of drug-likeness (QED) is 0.330. The van der Waals surface area contributed by atoms with Crippen molar-refractivity contribution in [3.05, 3.63) is 83.4 Å². The number of rotatable bonds is 7. The number of hydrogen-bond donors (Lipinski definition) is 1. The predicted molar refractivity (Wildman–Crippen MR) is 160 cm³/mol. The van der Waals surface area contributed by atoms with Gasteiger partial charge in [-0.05, 0) is 49.4 Å². The second kappa shape index (κ2) is 11.0. The molecule has 0 unspecified atom stereocenters. The van der Waals surface area contributed by atoms with E-state index in [-0.39, 0.29) is 23.3 Å². The van der Waals surface area contributed by atoms with Crippen molar-refractivity contribution in [1.82, 2.24) is 9.62 Å². The first-order chi connectivity index (χ1) is 19.4. The molecule has 1 aliphatic rings. The largest absolute Gasteiger partial charge is 0.455 e. The van der Waals surface area contributed by atoms with Crippen LogP contribution in [-0.2, 0) is 20.0 Å². The fraction of sp³-hybridized carbons (Fsp3) is 0.300. The summed E-state index contributed by atoms with van der Waals surface area (Å²) in [6, 6.07) is 19.3. The van der Waals surface area contributed by atoms with E-state index in [4.69, 9.17) is 4.42 Å². The van der Waals surface area contributed by atoms with E-state index in [1.807, 2.05) is 31.2 Å². The van der Waals surface area contributed by atoms with Gasteiger partial charge in [0.05, 0.1) is 22.4 Å². The zero-order valence-corrected chi connectivity index (χ0v) is 25.1. The molecule has 0 bridgehead atoms. The van der Waals surface area contributed by atoms with Gasteiger partial charge < -0.3 is 9.73 Å². The van der Waals surface area contributed by atoms with E-state index in [9.17, 15) is 21.6 Å². The van der Waals surface area contributed by atoms with Crippen LogP contribution in [0.1, 0.15) is 40.2 Å². The minimum atomic E-state index is -3.75. The summed E-state index contributed by atoms with van der Waals surface area (Å²) in [5.74, 6) is -0.283. The normalized spacial score (nSPS) is 16.5. The second-order valence-electron chi connectivity index (χ2n) is 10.4. The molecule has 0 aliphatic carbocycles. The molecule has 1 N–H and O–H groups in total. The Morgan fingerprint density at radius 2 is 1.71 bits per heavy atom. The minimum Gasteiger partial charge on any atom is -0.455 e. The average molecular weight is 596 g/mol. The highest BCUT2D eigenvalue weighted by atomic mass is 32.2. The van der Waals surface area contributed by atoms with Crippen molar-refractivity contribution in [2.75, 3.05) is 37.7 Å². The highest BCUT2D eigenvalue weighted by Gasteiger charge is 2.34. The monoisotopic (exact) mass is 595 g/mol. The molecular weight excluding hydrogens is 562 g/mol. The lowest BCUT2D eigenvalue weighted by atomic mass is 9.89. The van der Waals surface area contributed by atoms with E-state index < -0.39 is 20.0 Å². The summed E-state index contributed by atoms with van der Waals surface area (Å²) in [5.41, 5.74) is 3.49. The Kier molecular flexibility index (Phi) is 7.71. The molecule has 9 nitrogen and oxygen atoms in total. The number of amides is 1. The molecule has 41 heavy (non-hydrogen) atoms. The van der Waals surface area contributed by atoms with Crippen molar-refractivity contribution < 1.29 is 26.0 Å². The molecule has 1 aliphatic heterocycles. The smallest absolute Gasteiger partial charge is 0.255 e. The van der Waals surface area contributed by atoms with Gasteiger partial charge in [-0.2, -0.15) is 4.31 Å². The third kappa shape index (κ3) is 5.49. The summed E-state index contributed by atoms with van der Waals surface area (Å²) in [6.45, 7) is 2.50. The molecule has 3 aromatic carbocycles. The fourth-order valence-corrected chi connectivity index (χ4v) is 7.40. The van der Waals surface area contributed by atoms with Gasteiger partial charge in [-0.1, -0.05) is 48.0 Å². The number of sulfonamides is 2. The molecule has 1 amide bonds. The highest BCUT2D eigenvalue weighted by molar-refractivity contribution is 7.92. The Labute approximate surface area is 240 Å². The lowest BCUT2D eigenvalue weighted by Gasteiger charge is -2.34. The number of nitrogens with one attached hydrogen (secondary N) is 1. The molecule has 1 aromatic heterocycles. The SMILES string of the molecule is CNC(=O)c1c(-c2ccc(C)cc2)oc2cc(N(C)S(C)(=O)=O)c([C@@H]3CCCN(S(=O)(=O)c4ccccc4)C3)cc12. The maximum atomic E-state index is 13.5. The van der Waals surface area contributed by atoms with Crippen LogP contribution in [0.25, 0.3) is 22.3 Å². The molecule has 0 radical (unpaired) electrons. The van der Waals surface area contributed by atoms with Crippen molar-refractivity contribution in [3.8, 4) is 11.3 Å². The lowest BCUT2D eigenvalue weighted by molar-refractivity contribution is 0.0964. The third-order valence-electron chi connectivity index (χ3n) is 7.65. The summed E-state index contributed by atoms with van der Waals surface area (Å²) in [7, 11) is -4.42. The number of piperidine rings is 1. The van der Waals surface area contributed by atoms with Gasteiger partial charge in [0.25, 0.3) is 5.91 Å². The predicted octanol–water partition coefficient (Wildman–Crippen LogP) is 4.73.